The minimum Gasteiger partial charge on any atom is -0.508 e. The molecule has 0 bridgehead atoms. The Morgan fingerprint density at radius 3 is 2.17 bits per heavy atom. The zero-order valence-corrected chi connectivity index (χ0v) is 11.8. The number of aromatic nitrogens is 4. The van der Waals surface area contributed by atoms with Gasteiger partial charge in [-0.05, 0) is 6.07 Å². The van der Waals surface area contributed by atoms with Crippen LogP contribution in [0.3, 0.4) is 0 Å². The molecule has 23 heavy (non-hydrogen) atoms. The van der Waals surface area contributed by atoms with Crippen molar-refractivity contribution >= 4 is 11.9 Å². The number of phenols is 1. The number of carboxylic acids is 2. The summed E-state index contributed by atoms with van der Waals surface area (Å²) in [7, 11) is 0. The second-order valence-electron chi connectivity index (χ2n) is 4.65. The highest BCUT2D eigenvalue weighted by atomic mass is 16.4. The molecule has 1 aromatic carbocycles. The number of benzene rings is 1. The largest absolute Gasteiger partial charge is 0.508 e. The zero-order valence-electron chi connectivity index (χ0n) is 11.8. The first-order valence-corrected chi connectivity index (χ1v) is 6.44. The summed E-state index contributed by atoms with van der Waals surface area (Å²) in [5.74, 6) is -2.22. The van der Waals surface area contributed by atoms with Gasteiger partial charge in [0.25, 0.3) is 0 Å². The molecule has 1 heterocycles. The van der Waals surface area contributed by atoms with Gasteiger partial charge in [0.2, 0.25) is 5.82 Å². The van der Waals surface area contributed by atoms with Gasteiger partial charge < -0.3 is 15.3 Å². The maximum absolute atomic E-state index is 10.8. The van der Waals surface area contributed by atoms with E-state index >= 15 is 0 Å². The minimum absolute atomic E-state index is 0.0309. The molecule has 2 rings (SSSR count). The molecule has 10 heteroatoms. The Morgan fingerprint density at radius 1 is 1.04 bits per heavy atom. The van der Waals surface area contributed by atoms with Crippen molar-refractivity contribution in [2.75, 3.05) is 13.1 Å². The third-order valence-electron chi connectivity index (χ3n) is 2.86. The van der Waals surface area contributed by atoms with E-state index in [9.17, 15) is 14.7 Å². The van der Waals surface area contributed by atoms with Crippen LogP contribution in [0.5, 0.6) is 5.75 Å². The summed E-state index contributed by atoms with van der Waals surface area (Å²) < 4.78 is 0. The Bertz CT molecular complexity index is 693. The highest BCUT2D eigenvalue weighted by molar-refractivity contribution is 5.72. The molecule has 2 aromatic rings. The third kappa shape index (κ3) is 4.68. The van der Waals surface area contributed by atoms with E-state index in [2.05, 4.69) is 20.4 Å². The quantitative estimate of drug-likeness (QED) is 0.615. The summed E-state index contributed by atoms with van der Waals surface area (Å²) in [5.41, 5.74) is 0.864. The minimum atomic E-state index is -1.16. The predicted molar refractivity (Wildman–Crippen MR) is 75.3 cm³/mol. The highest BCUT2D eigenvalue weighted by Gasteiger charge is 2.16. The van der Waals surface area contributed by atoms with Gasteiger partial charge in [0.1, 0.15) is 5.75 Å². The third-order valence-corrected chi connectivity index (χ3v) is 2.86. The average molecular weight is 319 g/mol. The lowest BCUT2D eigenvalue weighted by Gasteiger charge is -2.18. The fraction of sp³-hybridized carbons (Fsp3) is 0.231. The smallest absolute Gasteiger partial charge is 0.317 e. The first-order chi connectivity index (χ1) is 11.0. The van der Waals surface area contributed by atoms with Crippen LogP contribution in [0.4, 0.5) is 0 Å². The van der Waals surface area contributed by atoms with E-state index in [0.717, 1.165) is 0 Å². The monoisotopic (exact) mass is 319 g/mol. The van der Waals surface area contributed by atoms with Crippen LogP contribution in [0, 0.1) is 0 Å². The number of hydrogen-bond donors (Lipinski definition) is 3. The molecule has 0 saturated heterocycles. The van der Waals surface area contributed by atoms with Crippen molar-refractivity contribution in [2.24, 2.45) is 0 Å². The summed E-state index contributed by atoms with van der Waals surface area (Å²) in [6.07, 6.45) is 1.17. The van der Waals surface area contributed by atoms with Gasteiger partial charge in [-0.3, -0.25) is 14.5 Å². The lowest BCUT2D eigenvalue weighted by molar-refractivity contribution is -0.142. The van der Waals surface area contributed by atoms with E-state index in [0.29, 0.717) is 11.1 Å². The van der Waals surface area contributed by atoms with Crippen molar-refractivity contribution in [2.45, 2.75) is 6.54 Å². The van der Waals surface area contributed by atoms with Gasteiger partial charge in [0.15, 0.2) is 6.33 Å². The van der Waals surface area contributed by atoms with Crippen LogP contribution in [0.15, 0.2) is 24.5 Å². The molecular formula is C13H13N5O5. The van der Waals surface area contributed by atoms with E-state index < -0.39 is 25.0 Å². The molecule has 0 aliphatic carbocycles. The highest BCUT2D eigenvalue weighted by Crippen LogP contribution is 2.24. The number of aliphatic carboxylic acids is 2. The molecule has 0 unspecified atom stereocenters. The van der Waals surface area contributed by atoms with Gasteiger partial charge in [-0.15, -0.1) is 20.4 Å². The Labute approximate surface area is 130 Å². The average Bonchev–Trinajstić information content (AvgIpc) is 2.49. The number of carboxylic acid groups (broad SMARTS) is 2. The SMILES string of the molecule is O=C(O)CN(CC(=O)O)Cc1ccc(-c2nncnn2)cc1O. The molecule has 1 aromatic heterocycles. The van der Waals surface area contributed by atoms with Crippen LogP contribution >= 0.6 is 0 Å². The molecule has 0 saturated carbocycles. The topological polar surface area (TPSA) is 150 Å². The molecule has 3 N–H and O–H groups in total. The molecule has 0 atom stereocenters. The first-order valence-electron chi connectivity index (χ1n) is 6.44. The molecule has 0 fully saturated rings. The van der Waals surface area contributed by atoms with Crippen molar-refractivity contribution in [3.05, 3.63) is 30.1 Å². The maximum Gasteiger partial charge on any atom is 0.317 e. The van der Waals surface area contributed by atoms with E-state index in [1.54, 1.807) is 6.07 Å². The van der Waals surface area contributed by atoms with Gasteiger partial charge in [-0.25, -0.2) is 0 Å². The Kier molecular flexibility index (Phi) is 5.10. The van der Waals surface area contributed by atoms with E-state index in [1.807, 2.05) is 0 Å². The van der Waals surface area contributed by atoms with E-state index in [1.165, 1.54) is 23.4 Å². The number of carbonyl (C=O) groups is 2. The number of aromatic hydroxyl groups is 1. The number of rotatable bonds is 7. The lowest BCUT2D eigenvalue weighted by atomic mass is 10.1. The molecule has 0 amide bonds. The molecule has 0 spiro atoms. The summed E-state index contributed by atoms with van der Waals surface area (Å²) in [6.45, 7) is -0.941. The summed E-state index contributed by atoms with van der Waals surface area (Å²) in [6, 6.07) is 4.53. The zero-order chi connectivity index (χ0) is 16.8. The number of phenolic OH excluding ortho intramolecular Hbond substituents is 1. The van der Waals surface area contributed by atoms with E-state index in [-0.39, 0.29) is 18.1 Å². The van der Waals surface area contributed by atoms with Gasteiger partial charge in [-0.2, -0.15) is 0 Å². The molecule has 0 aliphatic rings. The van der Waals surface area contributed by atoms with Crippen molar-refractivity contribution in [3.8, 4) is 17.1 Å². The first kappa shape index (κ1) is 16.2. The standard InChI is InChI=1S/C13H13N5O5/c19-10-3-8(13-16-14-7-15-17-13)1-2-9(10)4-18(5-11(20)21)6-12(22)23/h1-3,7,19H,4-6H2,(H,20,21)(H,22,23). The number of hydrogen-bond acceptors (Lipinski definition) is 8. The van der Waals surface area contributed by atoms with Crippen LogP contribution < -0.4 is 0 Å². The van der Waals surface area contributed by atoms with Crippen LogP contribution in [-0.2, 0) is 16.1 Å². The van der Waals surface area contributed by atoms with Crippen molar-refractivity contribution < 1.29 is 24.9 Å². The summed E-state index contributed by atoms with van der Waals surface area (Å²) in [5, 5.41) is 42.4. The van der Waals surface area contributed by atoms with Gasteiger partial charge in [-0.1, -0.05) is 12.1 Å². The maximum atomic E-state index is 10.8. The second kappa shape index (κ2) is 7.22. The Morgan fingerprint density at radius 2 is 1.65 bits per heavy atom. The molecule has 10 nitrogen and oxygen atoms in total. The van der Waals surface area contributed by atoms with Crippen LogP contribution in [0.1, 0.15) is 5.56 Å². The predicted octanol–water partition coefficient (Wildman–Crippen LogP) is -0.390. The van der Waals surface area contributed by atoms with Gasteiger partial charge in [0.05, 0.1) is 13.1 Å². The normalized spacial score (nSPS) is 10.7. The van der Waals surface area contributed by atoms with Crippen LogP contribution in [-0.4, -0.2) is 65.6 Å². The van der Waals surface area contributed by atoms with Gasteiger partial charge >= 0.3 is 11.9 Å². The van der Waals surface area contributed by atoms with Crippen LogP contribution in [0.2, 0.25) is 0 Å². The fourth-order valence-corrected chi connectivity index (χ4v) is 1.95. The summed E-state index contributed by atoms with van der Waals surface area (Å²) >= 11 is 0. The van der Waals surface area contributed by atoms with Crippen LogP contribution in [0.25, 0.3) is 11.4 Å². The van der Waals surface area contributed by atoms with Crippen molar-refractivity contribution in [1.29, 1.82) is 0 Å². The van der Waals surface area contributed by atoms with Gasteiger partial charge in [0, 0.05) is 17.7 Å². The summed E-state index contributed by atoms with van der Waals surface area (Å²) in [4.78, 5) is 22.7. The lowest BCUT2D eigenvalue weighted by Crippen LogP contribution is -2.33. The molecule has 120 valence electrons. The van der Waals surface area contributed by atoms with E-state index in [4.69, 9.17) is 10.2 Å². The number of nitrogens with zero attached hydrogens (tertiary/aromatic N) is 5. The molecule has 0 aliphatic heterocycles. The Balaban J connectivity index is 2.19. The Hall–Kier alpha value is -3.14. The molecular weight excluding hydrogens is 306 g/mol. The van der Waals surface area contributed by atoms with Crippen molar-refractivity contribution in [3.63, 3.8) is 0 Å². The fourth-order valence-electron chi connectivity index (χ4n) is 1.95. The second-order valence-corrected chi connectivity index (χ2v) is 4.65. The molecule has 0 radical (unpaired) electrons. The van der Waals surface area contributed by atoms with Crippen molar-refractivity contribution in [1.82, 2.24) is 25.3 Å².